The zero-order valence-corrected chi connectivity index (χ0v) is 11.2. The second-order valence-corrected chi connectivity index (χ2v) is 5.90. The van der Waals surface area contributed by atoms with E-state index in [1.165, 1.54) is 11.3 Å². The first-order valence-corrected chi connectivity index (χ1v) is 6.72. The van der Waals surface area contributed by atoms with Crippen molar-refractivity contribution in [2.24, 2.45) is 0 Å². The number of methoxy groups -OCH3 is 1. The average molecular weight is 265 g/mol. The third-order valence-electron chi connectivity index (χ3n) is 3.50. The predicted molar refractivity (Wildman–Crippen MR) is 69.3 cm³/mol. The van der Waals surface area contributed by atoms with Crippen molar-refractivity contribution in [3.8, 4) is 11.5 Å². The zero-order valence-electron chi connectivity index (χ0n) is 10.4. The fraction of sp³-hybridized carbons (Fsp3) is 0.500. The van der Waals surface area contributed by atoms with Crippen LogP contribution in [0.15, 0.2) is 10.6 Å². The van der Waals surface area contributed by atoms with Crippen molar-refractivity contribution < 1.29 is 9.26 Å². The molecule has 2 aromatic rings. The summed E-state index contributed by atoms with van der Waals surface area (Å²) in [6.07, 6.45) is 3.03. The monoisotopic (exact) mass is 265 g/mol. The van der Waals surface area contributed by atoms with Crippen LogP contribution in [0.5, 0.6) is 0 Å². The van der Waals surface area contributed by atoms with Crippen molar-refractivity contribution in [3.63, 3.8) is 0 Å². The first kappa shape index (κ1) is 11.7. The van der Waals surface area contributed by atoms with Crippen molar-refractivity contribution >= 4 is 16.3 Å². The molecular formula is C12H15N3O2S. The molecule has 0 unspecified atom stereocenters. The summed E-state index contributed by atoms with van der Waals surface area (Å²) >= 11 is 1.53. The fourth-order valence-electron chi connectivity index (χ4n) is 2.23. The van der Waals surface area contributed by atoms with Crippen LogP contribution < -0.4 is 5.73 Å². The van der Waals surface area contributed by atoms with Gasteiger partial charge in [0.1, 0.15) is 5.60 Å². The molecule has 1 saturated carbocycles. The zero-order chi connectivity index (χ0) is 12.8. The van der Waals surface area contributed by atoms with Crippen molar-refractivity contribution in [2.45, 2.75) is 31.8 Å². The first-order valence-electron chi connectivity index (χ1n) is 5.90. The number of aromatic nitrogens is 2. The maximum atomic E-state index is 5.93. The Hall–Kier alpha value is -1.40. The van der Waals surface area contributed by atoms with Gasteiger partial charge in [0.2, 0.25) is 5.82 Å². The second kappa shape index (κ2) is 4.07. The van der Waals surface area contributed by atoms with Crippen LogP contribution in [0.3, 0.4) is 0 Å². The van der Waals surface area contributed by atoms with Gasteiger partial charge in [-0.15, -0.1) is 11.3 Å². The Morgan fingerprint density at radius 3 is 2.78 bits per heavy atom. The van der Waals surface area contributed by atoms with Gasteiger partial charge in [0.25, 0.3) is 5.89 Å². The highest BCUT2D eigenvalue weighted by atomic mass is 32.1. The topological polar surface area (TPSA) is 74.2 Å². The normalized spacial score (nSPS) is 17.7. The molecule has 2 N–H and O–H groups in total. The number of aryl methyl sites for hydroxylation is 1. The van der Waals surface area contributed by atoms with E-state index in [4.69, 9.17) is 15.0 Å². The molecule has 0 radical (unpaired) electrons. The molecule has 18 heavy (non-hydrogen) atoms. The van der Waals surface area contributed by atoms with Gasteiger partial charge in [0.05, 0.1) is 10.6 Å². The molecule has 1 aliphatic carbocycles. The molecule has 2 aromatic heterocycles. The first-order chi connectivity index (χ1) is 8.64. The minimum Gasteiger partial charge on any atom is -0.390 e. The SMILES string of the molecule is COC1(c2noc(-c3cc(C)sc3N)n2)CCC1. The quantitative estimate of drug-likeness (QED) is 0.923. The largest absolute Gasteiger partial charge is 0.390 e. The molecule has 96 valence electrons. The maximum absolute atomic E-state index is 5.93. The van der Waals surface area contributed by atoms with E-state index in [0.717, 1.165) is 29.7 Å². The van der Waals surface area contributed by atoms with Crippen molar-refractivity contribution in [3.05, 3.63) is 16.8 Å². The fourth-order valence-corrected chi connectivity index (χ4v) is 3.01. The van der Waals surface area contributed by atoms with Crippen LogP contribution in [0.25, 0.3) is 11.5 Å². The summed E-state index contributed by atoms with van der Waals surface area (Å²) in [4.78, 5) is 5.58. The van der Waals surface area contributed by atoms with Crippen molar-refractivity contribution in [1.82, 2.24) is 10.1 Å². The van der Waals surface area contributed by atoms with Crippen LogP contribution in [0.2, 0.25) is 0 Å². The smallest absolute Gasteiger partial charge is 0.261 e. The van der Waals surface area contributed by atoms with E-state index < -0.39 is 0 Å². The van der Waals surface area contributed by atoms with E-state index in [-0.39, 0.29) is 5.60 Å². The summed E-state index contributed by atoms with van der Waals surface area (Å²) in [5.41, 5.74) is 6.41. The van der Waals surface area contributed by atoms with Crippen LogP contribution in [0, 0.1) is 6.92 Å². The number of nitrogen functional groups attached to an aromatic ring is 1. The van der Waals surface area contributed by atoms with Crippen LogP contribution in [0.1, 0.15) is 30.0 Å². The van der Waals surface area contributed by atoms with E-state index in [9.17, 15) is 0 Å². The average Bonchev–Trinajstić information content (AvgIpc) is 2.85. The molecule has 1 aliphatic rings. The lowest BCUT2D eigenvalue weighted by atomic mass is 9.79. The Labute approximate surface area is 109 Å². The lowest BCUT2D eigenvalue weighted by molar-refractivity contribution is -0.0858. The maximum Gasteiger partial charge on any atom is 0.261 e. The third-order valence-corrected chi connectivity index (χ3v) is 4.38. The molecule has 0 spiro atoms. The number of nitrogens with two attached hydrogens (primary N) is 1. The molecule has 0 amide bonds. The number of rotatable bonds is 3. The van der Waals surface area contributed by atoms with E-state index in [2.05, 4.69) is 10.1 Å². The van der Waals surface area contributed by atoms with E-state index in [1.807, 2.05) is 13.0 Å². The predicted octanol–water partition coefficient (Wildman–Crippen LogP) is 2.71. The Kier molecular flexibility index (Phi) is 2.64. The van der Waals surface area contributed by atoms with Crippen LogP contribution in [-0.4, -0.2) is 17.3 Å². The summed E-state index contributed by atoms with van der Waals surface area (Å²) in [7, 11) is 1.69. The number of ether oxygens (including phenoxy) is 1. The van der Waals surface area contributed by atoms with Gasteiger partial charge in [-0.2, -0.15) is 4.98 Å². The van der Waals surface area contributed by atoms with Gasteiger partial charge in [-0.3, -0.25) is 0 Å². The summed E-state index contributed by atoms with van der Waals surface area (Å²) in [5, 5.41) is 4.76. The lowest BCUT2D eigenvalue weighted by Crippen LogP contribution is -2.37. The number of nitrogens with zero attached hydrogens (tertiary/aromatic N) is 2. The lowest BCUT2D eigenvalue weighted by Gasteiger charge is -2.37. The molecule has 2 heterocycles. The third kappa shape index (κ3) is 1.64. The Morgan fingerprint density at radius 1 is 1.50 bits per heavy atom. The second-order valence-electron chi connectivity index (χ2n) is 4.61. The highest BCUT2D eigenvalue weighted by molar-refractivity contribution is 7.16. The van der Waals surface area contributed by atoms with Gasteiger partial charge in [-0.25, -0.2) is 0 Å². The highest BCUT2D eigenvalue weighted by Gasteiger charge is 2.43. The van der Waals surface area contributed by atoms with Gasteiger partial charge < -0.3 is 15.0 Å². The van der Waals surface area contributed by atoms with Crippen LogP contribution in [-0.2, 0) is 10.3 Å². The molecule has 1 fully saturated rings. The van der Waals surface area contributed by atoms with Gasteiger partial charge in [0.15, 0.2) is 0 Å². The molecule has 0 saturated heterocycles. The minimum absolute atomic E-state index is 0.346. The van der Waals surface area contributed by atoms with E-state index in [1.54, 1.807) is 7.11 Å². The van der Waals surface area contributed by atoms with E-state index in [0.29, 0.717) is 16.7 Å². The number of hydrogen-bond acceptors (Lipinski definition) is 6. The van der Waals surface area contributed by atoms with Crippen LogP contribution in [0.4, 0.5) is 5.00 Å². The van der Waals surface area contributed by atoms with E-state index >= 15 is 0 Å². The van der Waals surface area contributed by atoms with Gasteiger partial charge in [-0.05, 0) is 32.3 Å². The Bertz CT molecular complexity index is 566. The standard InChI is InChI=1S/C12H15N3O2S/c1-7-6-8(9(13)18-7)10-14-11(15-17-10)12(16-2)4-3-5-12/h6H,3-5,13H2,1-2H3. The Balaban J connectivity index is 1.96. The van der Waals surface area contributed by atoms with Gasteiger partial charge in [-0.1, -0.05) is 5.16 Å². The van der Waals surface area contributed by atoms with Crippen molar-refractivity contribution in [1.29, 1.82) is 0 Å². The summed E-state index contributed by atoms with van der Waals surface area (Å²) in [6, 6.07) is 1.97. The molecule has 6 heteroatoms. The molecule has 0 aromatic carbocycles. The summed E-state index contributed by atoms with van der Waals surface area (Å²) in [5.74, 6) is 1.12. The molecule has 3 rings (SSSR count). The molecule has 0 aliphatic heterocycles. The Morgan fingerprint density at radius 2 is 2.28 bits per heavy atom. The number of anilines is 1. The molecule has 0 bridgehead atoms. The molecule has 5 nitrogen and oxygen atoms in total. The van der Waals surface area contributed by atoms with Crippen molar-refractivity contribution in [2.75, 3.05) is 12.8 Å². The number of hydrogen-bond donors (Lipinski definition) is 1. The number of thiophene rings is 1. The minimum atomic E-state index is -0.346. The summed E-state index contributed by atoms with van der Waals surface area (Å²) < 4.78 is 10.8. The van der Waals surface area contributed by atoms with Gasteiger partial charge >= 0.3 is 0 Å². The highest BCUT2D eigenvalue weighted by Crippen LogP contribution is 2.43. The van der Waals surface area contributed by atoms with Crippen LogP contribution >= 0.6 is 11.3 Å². The summed E-state index contributed by atoms with van der Waals surface area (Å²) in [6.45, 7) is 2.00. The van der Waals surface area contributed by atoms with Gasteiger partial charge in [0, 0.05) is 12.0 Å². The molecule has 0 atom stereocenters. The molecular weight excluding hydrogens is 250 g/mol.